The first-order valence-electron chi connectivity index (χ1n) is 6.89. The number of nitrogens with zero attached hydrogens (tertiary/aromatic N) is 1. The van der Waals surface area contributed by atoms with E-state index in [0.29, 0.717) is 5.16 Å². The molecule has 0 bridgehead atoms. The van der Waals surface area contributed by atoms with Crippen LogP contribution in [0.4, 0.5) is 0 Å². The fourth-order valence-corrected chi connectivity index (χ4v) is 3.88. The summed E-state index contributed by atoms with van der Waals surface area (Å²) in [5, 5.41) is 0.593. The van der Waals surface area contributed by atoms with Crippen LogP contribution in [-0.2, 0) is 0 Å². The van der Waals surface area contributed by atoms with Crippen molar-refractivity contribution < 1.29 is 0 Å². The highest BCUT2D eigenvalue weighted by Gasteiger charge is 2.27. The van der Waals surface area contributed by atoms with Gasteiger partial charge in [0.1, 0.15) is 0 Å². The maximum Gasteiger partial charge on any atom is 0.0284 e. The summed E-state index contributed by atoms with van der Waals surface area (Å²) in [4.78, 5) is 2.71. The van der Waals surface area contributed by atoms with Crippen LogP contribution in [0.15, 0.2) is 0 Å². The highest BCUT2D eigenvalue weighted by atomic mass is 28.1. The third-order valence-electron chi connectivity index (χ3n) is 3.66. The van der Waals surface area contributed by atoms with Gasteiger partial charge in [-0.25, -0.2) is 0 Å². The molecule has 0 radical (unpaired) electrons. The van der Waals surface area contributed by atoms with Gasteiger partial charge in [0, 0.05) is 15.4 Å². The lowest BCUT2D eigenvalue weighted by Gasteiger charge is -2.41. The van der Waals surface area contributed by atoms with Gasteiger partial charge in [-0.15, -0.1) is 0 Å². The molecule has 0 saturated heterocycles. The second-order valence-electron chi connectivity index (χ2n) is 4.88. The zero-order chi connectivity index (χ0) is 11.7. The lowest BCUT2D eigenvalue weighted by atomic mass is 10.0. The molecule has 0 heterocycles. The van der Waals surface area contributed by atoms with Gasteiger partial charge in [-0.3, -0.25) is 0 Å². The van der Waals surface area contributed by atoms with E-state index in [2.05, 4.69) is 32.6 Å². The molecule has 0 aliphatic rings. The van der Waals surface area contributed by atoms with E-state index in [-0.39, 0.29) is 0 Å². The Hall–Kier alpha value is 0.177. The van der Waals surface area contributed by atoms with Gasteiger partial charge >= 0.3 is 0 Å². The van der Waals surface area contributed by atoms with E-state index in [1.807, 2.05) is 0 Å². The number of hydrogen-bond donors (Lipinski definition) is 0. The minimum Gasteiger partial charge on any atom is -0.302 e. The second kappa shape index (κ2) is 8.34. The molecule has 0 aromatic carbocycles. The van der Waals surface area contributed by atoms with Crippen molar-refractivity contribution in [2.75, 3.05) is 13.1 Å². The van der Waals surface area contributed by atoms with Crippen molar-refractivity contribution in [3.05, 3.63) is 0 Å². The summed E-state index contributed by atoms with van der Waals surface area (Å²) in [5.41, 5.74) is 0. The van der Waals surface area contributed by atoms with Crippen LogP contribution in [0.25, 0.3) is 0 Å². The molecule has 0 aromatic rings. The molecule has 0 fully saturated rings. The molecule has 0 aliphatic carbocycles. The standard InChI is InChI=1S/C13H31NSi/c1-5-9-11-13(15,12-10-6-2)14(7-3)8-4/h5-12H2,1-4,15H3. The van der Waals surface area contributed by atoms with Crippen LogP contribution >= 0.6 is 0 Å². The summed E-state index contributed by atoms with van der Waals surface area (Å²) < 4.78 is 0. The van der Waals surface area contributed by atoms with E-state index in [1.165, 1.54) is 61.9 Å². The van der Waals surface area contributed by atoms with E-state index in [9.17, 15) is 0 Å². The normalized spacial score (nSPS) is 12.6. The molecule has 0 saturated carbocycles. The summed E-state index contributed by atoms with van der Waals surface area (Å²) >= 11 is 0. The van der Waals surface area contributed by atoms with Crippen LogP contribution in [0.1, 0.15) is 66.2 Å². The molecule has 0 aliphatic heterocycles. The third kappa shape index (κ3) is 5.16. The van der Waals surface area contributed by atoms with E-state index in [1.54, 1.807) is 0 Å². The van der Waals surface area contributed by atoms with Crippen LogP contribution < -0.4 is 0 Å². The Labute approximate surface area is 100 Å². The van der Waals surface area contributed by atoms with Crippen molar-refractivity contribution in [2.24, 2.45) is 0 Å². The summed E-state index contributed by atoms with van der Waals surface area (Å²) in [5.74, 6) is 0. The Morgan fingerprint density at radius 3 is 1.53 bits per heavy atom. The van der Waals surface area contributed by atoms with Gasteiger partial charge in [0.2, 0.25) is 0 Å². The zero-order valence-corrected chi connectivity index (χ0v) is 13.6. The molecule has 0 unspecified atom stereocenters. The average Bonchev–Trinajstić information content (AvgIpc) is 2.25. The topological polar surface area (TPSA) is 3.24 Å². The fraction of sp³-hybridized carbons (Fsp3) is 1.00. The third-order valence-corrected chi connectivity index (χ3v) is 5.30. The molecule has 0 N–H and O–H groups in total. The van der Waals surface area contributed by atoms with Gasteiger partial charge in [-0.2, -0.15) is 0 Å². The van der Waals surface area contributed by atoms with Gasteiger partial charge in [-0.05, 0) is 25.9 Å². The van der Waals surface area contributed by atoms with E-state index >= 15 is 0 Å². The largest absolute Gasteiger partial charge is 0.302 e. The van der Waals surface area contributed by atoms with Crippen molar-refractivity contribution in [3.63, 3.8) is 0 Å². The predicted octanol–water partition coefficient (Wildman–Crippen LogP) is 2.77. The summed E-state index contributed by atoms with van der Waals surface area (Å²) in [7, 11) is 1.33. The molecule has 0 rings (SSSR count). The Morgan fingerprint density at radius 2 is 1.27 bits per heavy atom. The lowest BCUT2D eigenvalue weighted by Crippen LogP contribution is -2.49. The fourth-order valence-electron chi connectivity index (χ4n) is 2.54. The van der Waals surface area contributed by atoms with Gasteiger partial charge in [0.25, 0.3) is 0 Å². The van der Waals surface area contributed by atoms with Crippen molar-refractivity contribution in [3.8, 4) is 0 Å². The Kier molecular flexibility index (Phi) is 8.44. The first kappa shape index (κ1) is 15.2. The minimum absolute atomic E-state index is 0.593. The summed E-state index contributed by atoms with van der Waals surface area (Å²) in [6.45, 7) is 11.7. The van der Waals surface area contributed by atoms with Crippen LogP contribution in [-0.4, -0.2) is 33.4 Å². The minimum atomic E-state index is 0.593. The maximum atomic E-state index is 2.71. The average molecular weight is 229 g/mol. The summed E-state index contributed by atoms with van der Waals surface area (Å²) in [6, 6.07) is 0. The van der Waals surface area contributed by atoms with E-state index in [4.69, 9.17) is 0 Å². The molecule has 0 amide bonds. The number of hydrogen-bond acceptors (Lipinski definition) is 1. The molecule has 2 heteroatoms. The maximum absolute atomic E-state index is 2.71. The lowest BCUT2D eigenvalue weighted by molar-refractivity contribution is 0.151. The Bertz CT molecular complexity index is 135. The first-order valence-corrected chi connectivity index (χ1v) is 7.89. The van der Waals surface area contributed by atoms with Gasteiger partial charge in [0.15, 0.2) is 0 Å². The van der Waals surface area contributed by atoms with E-state index < -0.39 is 0 Å². The first-order chi connectivity index (χ1) is 7.14. The van der Waals surface area contributed by atoms with Crippen molar-refractivity contribution in [2.45, 2.75) is 71.4 Å². The van der Waals surface area contributed by atoms with Crippen LogP contribution in [0.2, 0.25) is 0 Å². The molecule has 92 valence electrons. The quantitative estimate of drug-likeness (QED) is 0.550. The Morgan fingerprint density at radius 1 is 0.867 bits per heavy atom. The van der Waals surface area contributed by atoms with Gasteiger partial charge in [0.05, 0.1) is 0 Å². The molecule has 0 aromatic heterocycles. The molecule has 15 heavy (non-hydrogen) atoms. The molecule has 1 nitrogen and oxygen atoms in total. The number of unbranched alkanes of at least 4 members (excludes halogenated alkanes) is 2. The van der Waals surface area contributed by atoms with Crippen molar-refractivity contribution in [1.82, 2.24) is 4.90 Å². The molecular weight excluding hydrogens is 198 g/mol. The van der Waals surface area contributed by atoms with Crippen molar-refractivity contribution >= 4 is 10.2 Å². The number of rotatable bonds is 9. The highest BCUT2D eigenvalue weighted by molar-refractivity contribution is 6.15. The summed E-state index contributed by atoms with van der Waals surface area (Å²) in [6.07, 6.45) is 8.36. The molecule has 0 atom stereocenters. The Balaban J connectivity index is 4.35. The monoisotopic (exact) mass is 229 g/mol. The zero-order valence-electron chi connectivity index (χ0n) is 11.6. The highest BCUT2D eigenvalue weighted by Crippen LogP contribution is 2.25. The predicted molar refractivity (Wildman–Crippen MR) is 74.6 cm³/mol. The van der Waals surface area contributed by atoms with Gasteiger partial charge < -0.3 is 4.90 Å². The van der Waals surface area contributed by atoms with Gasteiger partial charge in [-0.1, -0.05) is 53.4 Å². The van der Waals surface area contributed by atoms with Crippen LogP contribution in [0, 0.1) is 0 Å². The molecular formula is C13H31NSi. The van der Waals surface area contributed by atoms with Crippen molar-refractivity contribution in [1.29, 1.82) is 0 Å². The van der Waals surface area contributed by atoms with Crippen LogP contribution in [0.5, 0.6) is 0 Å². The molecule has 0 spiro atoms. The second-order valence-corrected chi connectivity index (χ2v) is 6.74. The van der Waals surface area contributed by atoms with Crippen LogP contribution in [0.3, 0.4) is 0 Å². The van der Waals surface area contributed by atoms with E-state index in [0.717, 1.165) is 0 Å². The SMILES string of the molecule is CCCCC([SiH3])(CCCC)N(CC)CC. The smallest absolute Gasteiger partial charge is 0.0284 e.